The molecule has 0 radical (unpaired) electrons. The third kappa shape index (κ3) is 4.03. The first-order valence-electron chi connectivity index (χ1n) is 7.21. The van der Waals surface area contributed by atoms with Gasteiger partial charge < -0.3 is 9.88 Å². The van der Waals surface area contributed by atoms with Gasteiger partial charge in [-0.05, 0) is 35.5 Å². The molecule has 0 saturated heterocycles. The van der Waals surface area contributed by atoms with Gasteiger partial charge in [0.1, 0.15) is 0 Å². The normalized spacial score (nSPS) is 10.9. The molecule has 0 saturated carbocycles. The van der Waals surface area contributed by atoms with Crippen LogP contribution in [-0.4, -0.2) is 16.1 Å². The number of imidazole rings is 1. The number of aromatic nitrogens is 2. The van der Waals surface area contributed by atoms with Gasteiger partial charge in [0.15, 0.2) is 0 Å². The summed E-state index contributed by atoms with van der Waals surface area (Å²) in [6, 6.07) is 12.8. The van der Waals surface area contributed by atoms with Crippen LogP contribution in [0, 0.1) is 0 Å². The zero-order chi connectivity index (χ0) is 14.3. The Morgan fingerprint density at radius 1 is 1.14 bits per heavy atom. The van der Waals surface area contributed by atoms with Crippen molar-refractivity contribution in [1.82, 2.24) is 14.9 Å². The van der Waals surface area contributed by atoms with E-state index in [0.29, 0.717) is 0 Å². The first-order valence-corrected chi connectivity index (χ1v) is 8.09. The van der Waals surface area contributed by atoms with Gasteiger partial charge in [0, 0.05) is 30.4 Å². The topological polar surface area (TPSA) is 29.9 Å². The van der Waals surface area contributed by atoms with Crippen LogP contribution < -0.4 is 5.32 Å². The highest BCUT2D eigenvalue weighted by atomic mass is 32.1. The van der Waals surface area contributed by atoms with E-state index < -0.39 is 0 Å². The van der Waals surface area contributed by atoms with E-state index in [2.05, 4.69) is 56.6 Å². The van der Waals surface area contributed by atoms with E-state index in [9.17, 15) is 0 Å². The fraction of sp³-hybridized carbons (Fsp3) is 0.235. The molecule has 108 valence electrons. The van der Waals surface area contributed by atoms with Gasteiger partial charge in [0.05, 0.1) is 6.33 Å². The van der Waals surface area contributed by atoms with Gasteiger partial charge in [-0.2, -0.15) is 0 Å². The summed E-state index contributed by atoms with van der Waals surface area (Å²) < 4.78 is 2.11. The molecule has 3 nitrogen and oxygen atoms in total. The molecule has 0 fully saturated rings. The lowest BCUT2D eigenvalue weighted by Crippen LogP contribution is -2.15. The minimum Gasteiger partial charge on any atom is -0.337 e. The zero-order valence-corrected chi connectivity index (χ0v) is 12.7. The molecule has 0 aliphatic heterocycles. The van der Waals surface area contributed by atoms with Crippen LogP contribution in [0.25, 0.3) is 11.1 Å². The maximum Gasteiger partial charge on any atom is 0.0945 e. The van der Waals surface area contributed by atoms with E-state index in [1.54, 1.807) is 0 Å². The van der Waals surface area contributed by atoms with Crippen LogP contribution in [0.3, 0.4) is 0 Å². The van der Waals surface area contributed by atoms with Gasteiger partial charge in [-0.25, -0.2) is 4.98 Å². The molecule has 0 atom stereocenters. The predicted octanol–water partition coefficient (Wildman–Crippen LogP) is 3.79. The Morgan fingerprint density at radius 3 is 2.86 bits per heavy atom. The number of thiophene rings is 1. The molecule has 0 aliphatic rings. The molecule has 2 aromatic heterocycles. The first kappa shape index (κ1) is 14.0. The standard InChI is InChI=1S/C17H19N3S/c1-2-5-15(6-3-1)16-11-17(21-13-16)12-18-7-4-9-20-10-8-19-14-20/h1-3,5-6,8,10-11,13-14,18H,4,7,9,12H2. The van der Waals surface area contributed by atoms with Crippen molar-refractivity contribution in [2.45, 2.75) is 19.5 Å². The fourth-order valence-electron chi connectivity index (χ4n) is 2.27. The molecule has 1 aromatic carbocycles. The second kappa shape index (κ2) is 7.20. The molecule has 0 amide bonds. The lowest BCUT2D eigenvalue weighted by molar-refractivity contribution is 0.583. The summed E-state index contributed by atoms with van der Waals surface area (Å²) in [4.78, 5) is 5.43. The summed E-state index contributed by atoms with van der Waals surface area (Å²) in [5, 5.41) is 5.74. The Balaban J connectivity index is 1.43. The molecule has 21 heavy (non-hydrogen) atoms. The number of benzene rings is 1. The number of hydrogen-bond acceptors (Lipinski definition) is 3. The smallest absolute Gasteiger partial charge is 0.0945 e. The lowest BCUT2D eigenvalue weighted by atomic mass is 10.1. The molecule has 0 unspecified atom stereocenters. The summed E-state index contributed by atoms with van der Waals surface area (Å²) in [7, 11) is 0. The summed E-state index contributed by atoms with van der Waals surface area (Å²) >= 11 is 1.82. The van der Waals surface area contributed by atoms with E-state index in [1.165, 1.54) is 16.0 Å². The van der Waals surface area contributed by atoms with Crippen LogP contribution >= 0.6 is 11.3 Å². The Kier molecular flexibility index (Phi) is 4.82. The second-order valence-corrected chi connectivity index (χ2v) is 5.99. The molecule has 0 bridgehead atoms. The largest absolute Gasteiger partial charge is 0.337 e. The average Bonchev–Trinajstić information content (AvgIpc) is 3.19. The monoisotopic (exact) mass is 297 g/mol. The van der Waals surface area contributed by atoms with Gasteiger partial charge >= 0.3 is 0 Å². The molecule has 3 aromatic rings. The van der Waals surface area contributed by atoms with E-state index in [0.717, 1.165) is 26.1 Å². The van der Waals surface area contributed by atoms with Gasteiger partial charge in [0.25, 0.3) is 0 Å². The molecule has 2 heterocycles. The molecule has 0 spiro atoms. The highest BCUT2D eigenvalue weighted by Gasteiger charge is 2.01. The van der Waals surface area contributed by atoms with Crippen molar-refractivity contribution < 1.29 is 0 Å². The second-order valence-electron chi connectivity index (χ2n) is 5.00. The van der Waals surface area contributed by atoms with Crippen LogP contribution in [0.5, 0.6) is 0 Å². The Hall–Kier alpha value is -1.91. The van der Waals surface area contributed by atoms with Crippen LogP contribution in [-0.2, 0) is 13.1 Å². The van der Waals surface area contributed by atoms with Crippen LogP contribution in [0.4, 0.5) is 0 Å². The van der Waals surface area contributed by atoms with Crippen molar-refractivity contribution >= 4 is 11.3 Å². The van der Waals surface area contributed by atoms with Crippen LogP contribution in [0.1, 0.15) is 11.3 Å². The molecule has 3 rings (SSSR count). The lowest BCUT2D eigenvalue weighted by Gasteiger charge is -2.03. The third-order valence-electron chi connectivity index (χ3n) is 3.39. The van der Waals surface area contributed by atoms with Crippen molar-refractivity contribution in [3.63, 3.8) is 0 Å². The number of rotatable bonds is 7. The molecule has 4 heteroatoms. The maximum absolute atomic E-state index is 4.04. The highest BCUT2D eigenvalue weighted by molar-refractivity contribution is 7.10. The summed E-state index contributed by atoms with van der Waals surface area (Å²) in [6.45, 7) is 2.99. The molecular formula is C17H19N3S. The fourth-order valence-corrected chi connectivity index (χ4v) is 3.14. The van der Waals surface area contributed by atoms with Crippen molar-refractivity contribution in [3.8, 4) is 11.1 Å². The maximum atomic E-state index is 4.04. The number of nitrogens with zero attached hydrogens (tertiary/aromatic N) is 2. The van der Waals surface area contributed by atoms with Crippen molar-refractivity contribution in [3.05, 3.63) is 65.4 Å². The molecule has 1 N–H and O–H groups in total. The third-order valence-corrected chi connectivity index (χ3v) is 4.33. The van der Waals surface area contributed by atoms with E-state index >= 15 is 0 Å². The van der Waals surface area contributed by atoms with E-state index in [1.807, 2.05) is 30.1 Å². The van der Waals surface area contributed by atoms with Gasteiger partial charge in [-0.15, -0.1) is 11.3 Å². The number of nitrogens with one attached hydrogen (secondary N) is 1. The van der Waals surface area contributed by atoms with Gasteiger partial charge in [-0.3, -0.25) is 0 Å². The van der Waals surface area contributed by atoms with Gasteiger partial charge in [-0.1, -0.05) is 30.3 Å². The van der Waals surface area contributed by atoms with E-state index in [4.69, 9.17) is 0 Å². The van der Waals surface area contributed by atoms with Crippen molar-refractivity contribution in [2.24, 2.45) is 0 Å². The predicted molar refractivity (Wildman–Crippen MR) is 88.3 cm³/mol. The number of hydrogen-bond donors (Lipinski definition) is 1. The highest BCUT2D eigenvalue weighted by Crippen LogP contribution is 2.25. The SMILES string of the molecule is c1ccc(-c2csc(CNCCCn3ccnc3)c2)cc1. The quantitative estimate of drug-likeness (QED) is 0.672. The summed E-state index contributed by atoms with van der Waals surface area (Å²) in [5.41, 5.74) is 2.61. The Morgan fingerprint density at radius 2 is 2.05 bits per heavy atom. The average molecular weight is 297 g/mol. The minimum atomic E-state index is 0.946. The molecular weight excluding hydrogens is 278 g/mol. The Labute approximate surface area is 129 Å². The first-order chi connectivity index (χ1) is 10.4. The van der Waals surface area contributed by atoms with Crippen molar-refractivity contribution in [1.29, 1.82) is 0 Å². The summed E-state index contributed by atoms with van der Waals surface area (Å²) in [6.07, 6.45) is 6.81. The van der Waals surface area contributed by atoms with Gasteiger partial charge in [0.2, 0.25) is 0 Å². The zero-order valence-electron chi connectivity index (χ0n) is 11.9. The Bertz CT molecular complexity index is 644. The summed E-state index contributed by atoms with van der Waals surface area (Å²) in [5.74, 6) is 0. The number of aryl methyl sites for hydroxylation is 1. The van der Waals surface area contributed by atoms with Crippen LogP contribution in [0.2, 0.25) is 0 Å². The van der Waals surface area contributed by atoms with Crippen molar-refractivity contribution in [2.75, 3.05) is 6.54 Å². The molecule has 0 aliphatic carbocycles. The minimum absolute atomic E-state index is 0.946. The van der Waals surface area contributed by atoms with E-state index in [-0.39, 0.29) is 0 Å². The van der Waals surface area contributed by atoms with Crippen LogP contribution in [0.15, 0.2) is 60.5 Å².